The lowest BCUT2D eigenvalue weighted by atomic mass is 10.1. The van der Waals surface area contributed by atoms with Crippen LogP contribution < -0.4 is 10.6 Å². The van der Waals surface area contributed by atoms with Gasteiger partial charge in [-0.25, -0.2) is 0 Å². The third kappa shape index (κ3) is 7.01. The average molecular weight is 249 g/mol. The molecule has 0 bridgehead atoms. The van der Waals surface area contributed by atoms with E-state index in [1.807, 2.05) is 18.3 Å². The molecule has 0 aliphatic carbocycles. The van der Waals surface area contributed by atoms with Gasteiger partial charge in [-0.3, -0.25) is 9.78 Å². The Kier molecular flexibility index (Phi) is 7.03. The number of aromatic nitrogens is 1. The summed E-state index contributed by atoms with van der Waals surface area (Å²) in [4.78, 5) is 15.4. The summed E-state index contributed by atoms with van der Waals surface area (Å²) < 4.78 is 0. The molecule has 0 aliphatic rings. The number of amides is 1. The monoisotopic (exact) mass is 249 g/mol. The molecule has 0 saturated heterocycles. The molecule has 0 aliphatic heterocycles. The van der Waals surface area contributed by atoms with E-state index < -0.39 is 0 Å². The first-order chi connectivity index (χ1) is 8.68. The van der Waals surface area contributed by atoms with Crippen LogP contribution in [-0.4, -0.2) is 24.0 Å². The van der Waals surface area contributed by atoms with Crippen LogP contribution in [-0.2, 0) is 11.3 Å². The Morgan fingerprint density at radius 2 is 2.22 bits per heavy atom. The van der Waals surface area contributed by atoms with Crippen molar-refractivity contribution in [3.05, 3.63) is 30.1 Å². The van der Waals surface area contributed by atoms with Crippen molar-refractivity contribution in [3.8, 4) is 0 Å². The molecule has 4 nitrogen and oxygen atoms in total. The van der Waals surface area contributed by atoms with Gasteiger partial charge in [0.1, 0.15) is 0 Å². The molecule has 0 fully saturated rings. The fourth-order valence-corrected chi connectivity index (χ4v) is 1.62. The first-order valence-electron chi connectivity index (χ1n) is 6.55. The van der Waals surface area contributed by atoms with Crippen molar-refractivity contribution >= 4 is 5.91 Å². The molecule has 18 heavy (non-hydrogen) atoms. The number of carbonyl (C=O) groups is 1. The van der Waals surface area contributed by atoms with Gasteiger partial charge in [-0.1, -0.05) is 19.9 Å². The summed E-state index contributed by atoms with van der Waals surface area (Å²) in [6.07, 6.45) is 5.19. The quantitative estimate of drug-likeness (QED) is 0.690. The van der Waals surface area contributed by atoms with Gasteiger partial charge in [-0.15, -0.1) is 0 Å². The zero-order valence-corrected chi connectivity index (χ0v) is 11.3. The Labute approximate surface area is 109 Å². The topological polar surface area (TPSA) is 54.0 Å². The Balaban J connectivity index is 1.98. The number of rotatable bonds is 8. The normalized spacial score (nSPS) is 10.6. The maximum Gasteiger partial charge on any atom is 0.220 e. The maximum absolute atomic E-state index is 11.4. The van der Waals surface area contributed by atoms with E-state index in [1.54, 1.807) is 6.20 Å². The van der Waals surface area contributed by atoms with E-state index in [9.17, 15) is 4.79 Å². The average Bonchev–Trinajstić information content (AvgIpc) is 2.34. The molecule has 0 radical (unpaired) electrons. The van der Waals surface area contributed by atoms with Crippen molar-refractivity contribution in [2.75, 3.05) is 13.1 Å². The van der Waals surface area contributed by atoms with Gasteiger partial charge >= 0.3 is 0 Å². The van der Waals surface area contributed by atoms with Crippen LogP contribution in [0.4, 0.5) is 0 Å². The molecule has 0 unspecified atom stereocenters. The lowest BCUT2D eigenvalue weighted by Gasteiger charge is -2.07. The van der Waals surface area contributed by atoms with Crippen molar-refractivity contribution in [2.45, 2.75) is 33.2 Å². The van der Waals surface area contributed by atoms with Gasteiger partial charge in [0.05, 0.1) is 0 Å². The maximum atomic E-state index is 11.4. The van der Waals surface area contributed by atoms with Crippen LogP contribution in [0.1, 0.15) is 32.3 Å². The number of hydrogen-bond donors (Lipinski definition) is 2. The van der Waals surface area contributed by atoms with E-state index in [4.69, 9.17) is 0 Å². The van der Waals surface area contributed by atoms with E-state index in [0.29, 0.717) is 12.3 Å². The molecule has 4 heteroatoms. The van der Waals surface area contributed by atoms with Gasteiger partial charge in [-0.05, 0) is 30.5 Å². The van der Waals surface area contributed by atoms with Crippen LogP contribution in [0.15, 0.2) is 24.5 Å². The van der Waals surface area contributed by atoms with E-state index in [1.165, 1.54) is 5.56 Å². The Hall–Kier alpha value is -1.42. The lowest BCUT2D eigenvalue weighted by Crippen LogP contribution is -2.28. The molecule has 0 saturated carbocycles. The highest BCUT2D eigenvalue weighted by molar-refractivity contribution is 5.75. The zero-order chi connectivity index (χ0) is 13.2. The first kappa shape index (κ1) is 14.6. The van der Waals surface area contributed by atoms with Crippen LogP contribution in [0.3, 0.4) is 0 Å². The Morgan fingerprint density at radius 3 is 2.89 bits per heavy atom. The molecule has 2 N–H and O–H groups in total. The number of nitrogens with one attached hydrogen (secondary N) is 2. The van der Waals surface area contributed by atoms with Crippen molar-refractivity contribution < 1.29 is 4.79 Å². The summed E-state index contributed by atoms with van der Waals surface area (Å²) in [5.74, 6) is 0.575. The molecule has 1 heterocycles. The Bertz CT molecular complexity index is 338. The lowest BCUT2D eigenvalue weighted by molar-refractivity contribution is -0.121. The molecule has 1 amide bonds. The van der Waals surface area contributed by atoms with E-state index in [0.717, 1.165) is 26.1 Å². The summed E-state index contributed by atoms with van der Waals surface area (Å²) in [6.45, 7) is 6.57. The molecular formula is C14H23N3O. The Morgan fingerprint density at radius 1 is 1.39 bits per heavy atom. The fourth-order valence-electron chi connectivity index (χ4n) is 1.62. The van der Waals surface area contributed by atoms with E-state index >= 15 is 0 Å². The van der Waals surface area contributed by atoms with Gasteiger partial charge in [0.2, 0.25) is 5.91 Å². The summed E-state index contributed by atoms with van der Waals surface area (Å²) in [5, 5.41) is 6.25. The largest absolute Gasteiger partial charge is 0.356 e. The predicted molar refractivity (Wildman–Crippen MR) is 73.0 cm³/mol. The summed E-state index contributed by atoms with van der Waals surface area (Å²) in [6, 6.07) is 3.98. The molecule has 100 valence electrons. The van der Waals surface area contributed by atoms with Crippen molar-refractivity contribution in [3.63, 3.8) is 0 Å². The van der Waals surface area contributed by atoms with Gasteiger partial charge in [-0.2, -0.15) is 0 Å². The van der Waals surface area contributed by atoms with E-state index in [-0.39, 0.29) is 5.91 Å². The number of nitrogens with zero attached hydrogens (tertiary/aromatic N) is 1. The highest BCUT2D eigenvalue weighted by Gasteiger charge is 2.02. The zero-order valence-electron chi connectivity index (χ0n) is 11.3. The third-order valence-corrected chi connectivity index (χ3v) is 2.50. The molecule has 0 atom stereocenters. The van der Waals surface area contributed by atoms with Crippen molar-refractivity contribution in [1.82, 2.24) is 15.6 Å². The molecule has 1 rings (SSSR count). The predicted octanol–water partition coefficient (Wildman–Crippen LogP) is 1.72. The molecular weight excluding hydrogens is 226 g/mol. The smallest absolute Gasteiger partial charge is 0.220 e. The van der Waals surface area contributed by atoms with Crippen LogP contribution in [0, 0.1) is 5.92 Å². The second-order valence-corrected chi connectivity index (χ2v) is 4.84. The highest BCUT2D eigenvalue weighted by Crippen LogP contribution is 1.98. The molecule has 0 aromatic carbocycles. The van der Waals surface area contributed by atoms with Crippen LogP contribution in [0.25, 0.3) is 0 Å². The van der Waals surface area contributed by atoms with Gasteiger partial charge in [0.25, 0.3) is 0 Å². The minimum absolute atomic E-state index is 0.150. The number of hydrogen-bond acceptors (Lipinski definition) is 3. The van der Waals surface area contributed by atoms with Crippen LogP contribution >= 0.6 is 0 Å². The SMILES string of the molecule is CC(C)CC(=O)NCCCNCc1cccnc1. The highest BCUT2D eigenvalue weighted by atomic mass is 16.1. The molecule has 1 aromatic heterocycles. The minimum Gasteiger partial charge on any atom is -0.356 e. The second kappa shape index (κ2) is 8.64. The van der Waals surface area contributed by atoms with Gasteiger partial charge < -0.3 is 10.6 Å². The van der Waals surface area contributed by atoms with Gasteiger partial charge in [0, 0.05) is 31.9 Å². The standard InChI is InChI=1S/C14H23N3O/c1-12(2)9-14(18)17-8-4-7-16-11-13-5-3-6-15-10-13/h3,5-6,10,12,16H,4,7-9,11H2,1-2H3,(H,17,18). The molecule has 1 aromatic rings. The summed E-state index contributed by atoms with van der Waals surface area (Å²) in [7, 11) is 0. The third-order valence-electron chi connectivity index (χ3n) is 2.50. The fraction of sp³-hybridized carbons (Fsp3) is 0.571. The van der Waals surface area contributed by atoms with Crippen LogP contribution in [0.5, 0.6) is 0 Å². The summed E-state index contributed by atoms with van der Waals surface area (Å²) >= 11 is 0. The van der Waals surface area contributed by atoms with Crippen LogP contribution in [0.2, 0.25) is 0 Å². The van der Waals surface area contributed by atoms with Crippen molar-refractivity contribution in [2.24, 2.45) is 5.92 Å². The van der Waals surface area contributed by atoms with E-state index in [2.05, 4.69) is 29.5 Å². The second-order valence-electron chi connectivity index (χ2n) is 4.84. The summed E-state index contributed by atoms with van der Waals surface area (Å²) in [5.41, 5.74) is 1.18. The molecule has 0 spiro atoms. The minimum atomic E-state index is 0.150. The van der Waals surface area contributed by atoms with Crippen molar-refractivity contribution in [1.29, 1.82) is 0 Å². The number of carbonyl (C=O) groups excluding carboxylic acids is 1. The first-order valence-corrected chi connectivity index (χ1v) is 6.55. The number of pyridine rings is 1. The van der Waals surface area contributed by atoms with Gasteiger partial charge in [0.15, 0.2) is 0 Å².